The maximum atomic E-state index is 11.6. The zero-order valence-electron chi connectivity index (χ0n) is 9.84. The molecular weight excluding hydrogens is 234 g/mol. The van der Waals surface area contributed by atoms with Gasteiger partial charge in [-0.2, -0.15) is 0 Å². The van der Waals surface area contributed by atoms with Crippen molar-refractivity contribution in [3.63, 3.8) is 0 Å². The minimum absolute atomic E-state index is 0. The highest BCUT2D eigenvalue weighted by Gasteiger charge is 2.38. The third-order valence-corrected chi connectivity index (χ3v) is 3.94. The predicted molar refractivity (Wildman–Crippen MR) is 70.2 cm³/mol. The molecule has 2 heterocycles. The van der Waals surface area contributed by atoms with Crippen molar-refractivity contribution in [1.29, 1.82) is 0 Å². The molecule has 0 amide bonds. The fraction of sp³-hybridized carbons (Fsp3) is 0.500. The van der Waals surface area contributed by atoms with Gasteiger partial charge in [-0.1, -0.05) is 30.3 Å². The number of nitrogens with zero attached hydrogens (tertiary/aromatic N) is 1. The Morgan fingerprint density at radius 2 is 1.94 bits per heavy atom. The van der Waals surface area contributed by atoms with Crippen LogP contribution in [0, 0.1) is 5.92 Å². The van der Waals surface area contributed by atoms with Gasteiger partial charge in [-0.05, 0) is 18.4 Å². The maximum Gasteiger partial charge on any atom is 0.138 e. The van der Waals surface area contributed by atoms with Gasteiger partial charge in [0.1, 0.15) is 5.78 Å². The molecule has 1 aromatic carbocycles. The van der Waals surface area contributed by atoms with Crippen LogP contribution in [0.5, 0.6) is 0 Å². The van der Waals surface area contributed by atoms with Gasteiger partial charge < -0.3 is 0 Å². The molecule has 2 aliphatic heterocycles. The summed E-state index contributed by atoms with van der Waals surface area (Å²) in [6.45, 7) is 1.99. The summed E-state index contributed by atoms with van der Waals surface area (Å²) in [5.74, 6) is 0.828. The van der Waals surface area contributed by atoms with E-state index in [1.807, 2.05) is 0 Å². The van der Waals surface area contributed by atoms with Crippen molar-refractivity contribution in [3.8, 4) is 0 Å². The second kappa shape index (κ2) is 5.19. The quantitative estimate of drug-likeness (QED) is 0.806. The Balaban J connectivity index is 0.00000108. The molecule has 0 aromatic heterocycles. The van der Waals surface area contributed by atoms with Crippen molar-refractivity contribution in [2.45, 2.75) is 31.8 Å². The van der Waals surface area contributed by atoms with Crippen LogP contribution in [0.2, 0.25) is 0 Å². The Hall–Kier alpha value is -0.860. The molecule has 1 aromatic rings. The number of fused-ring (bicyclic) bond motifs is 3. The smallest absolute Gasteiger partial charge is 0.138 e. The predicted octanol–water partition coefficient (Wildman–Crippen LogP) is 2.66. The van der Waals surface area contributed by atoms with Gasteiger partial charge in [0.15, 0.2) is 0 Å². The van der Waals surface area contributed by atoms with Gasteiger partial charge in [-0.3, -0.25) is 9.69 Å². The monoisotopic (exact) mass is 251 g/mol. The van der Waals surface area contributed by atoms with Crippen LogP contribution in [-0.4, -0.2) is 23.3 Å². The largest absolute Gasteiger partial charge is 0.299 e. The van der Waals surface area contributed by atoms with Crippen LogP contribution in [0.15, 0.2) is 30.3 Å². The summed E-state index contributed by atoms with van der Waals surface area (Å²) in [6.07, 6.45) is 3.12. The zero-order chi connectivity index (χ0) is 11.0. The fourth-order valence-electron chi connectivity index (χ4n) is 3.00. The average Bonchev–Trinajstić information content (AvgIpc) is 2.32. The molecule has 3 heteroatoms. The standard InChI is InChI=1S/C14H17NO.ClH/c16-14-8-13-7-6-12(14)10-15(13)9-11-4-2-1-3-5-11;/h1-5,12-13H,6-10H2;1H. The number of Topliss-reactive ketones (excluding diaryl/α,β-unsaturated/α-hetero) is 1. The number of ketones is 1. The van der Waals surface area contributed by atoms with E-state index in [1.54, 1.807) is 0 Å². The van der Waals surface area contributed by atoms with Crippen LogP contribution in [0.1, 0.15) is 24.8 Å². The van der Waals surface area contributed by atoms with E-state index < -0.39 is 0 Å². The first kappa shape index (κ1) is 12.6. The van der Waals surface area contributed by atoms with Crippen molar-refractivity contribution in [2.75, 3.05) is 6.54 Å². The van der Waals surface area contributed by atoms with Gasteiger partial charge in [0.05, 0.1) is 0 Å². The molecule has 2 atom stereocenters. The maximum absolute atomic E-state index is 11.6. The van der Waals surface area contributed by atoms with Crippen molar-refractivity contribution in [2.24, 2.45) is 5.92 Å². The molecule has 3 fully saturated rings. The molecule has 0 spiro atoms. The number of piperidine rings is 2. The van der Waals surface area contributed by atoms with E-state index in [1.165, 1.54) is 12.0 Å². The van der Waals surface area contributed by atoms with E-state index >= 15 is 0 Å². The molecule has 0 N–H and O–H groups in total. The number of carbonyl (C=O) groups is 1. The van der Waals surface area contributed by atoms with Crippen molar-refractivity contribution >= 4 is 18.2 Å². The summed E-state index contributed by atoms with van der Waals surface area (Å²) < 4.78 is 0. The fourth-order valence-corrected chi connectivity index (χ4v) is 3.00. The summed E-state index contributed by atoms with van der Waals surface area (Å²) in [4.78, 5) is 14.1. The van der Waals surface area contributed by atoms with E-state index in [9.17, 15) is 4.79 Å². The lowest BCUT2D eigenvalue weighted by molar-refractivity contribution is -0.132. The molecule has 1 saturated carbocycles. The van der Waals surface area contributed by atoms with Gasteiger partial charge in [-0.15, -0.1) is 12.4 Å². The molecule has 17 heavy (non-hydrogen) atoms. The number of halogens is 1. The highest BCUT2D eigenvalue weighted by Crippen LogP contribution is 2.33. The lowest BCUT2D eigenvalue weighted by Gasteiger charge is -2.44. The normalized spacial score (nSPS) is 27.9. The first-order chi connectivity index (χ1) is 7.83. The molecule has 0 radical (unpaired) electrons. The van der Waals surface area contributed by atoms with Crippen LogP contribution in [-0.2, 0) is 11.3 Å². The van der Waals surface area contributed by atoms with Gasteiger partial charge in [0.2, 0.25) is 0 Å². The summed E-state index contributed by atoms with van der Waals surface area (Å²) in [5.41, 5.74) is 1.36. The Morgan fingerprint density at radius 3 is 2.53 bits per heavy atom. The molecule has 2 unspecified atom stereocenters. The first-order valence-corrected chi connectivity index (χ1v) is 6.13. The minimum atomic E-state index is 0. The molecule has 4 rings (SSSR count). The van der Waals surface area contributed by atoms with Crippen LogP contribution >= 0.6 is 12.4 Å². The zero-order valence-corrected chi connectivity index (χ0v) is 10.7. The topological polar surface area (TPSA) is 20.3 Å². The Morgan fingerprint density at radius 1 is 1.18 bits per heavy atom. The average molecular weight is 252 g/mol. The van der Waals surface area contributed by atoms with E-state index in [-0.39, 0.29) is 12.4 Å². The molecule has 2 bridgehead atoms. The summed E-state index contributed by atoms with van der Waals surface area (Å²) in [5, 5.41) is 0. The number of rotatable bonds is 2. The van der Waals surface area contributed by atoms with Gasteiger partial charge in [0, 0.05) is 31.5 Å². The van der Waals surface area contributed by atoms with Crippen LogP contribution < -0.4 is 0 Å². The lowest BCUT2D eigenvalue weighted by Crippen LogP contribution is -2.51. The highest BCUT2D eigenvalue weighted by molar-refractivity contribution is 5.85. The van der Waals surface area contributed by atoms with Crippen LogP contribution in [0.25, 0.3) is 0 Å². The molecule has 2 saturated heterocycles. The number of benzene rings is 1. The SMILES string of the molecule is Cl.O=C1CC2CCC1CN2Cc1ccccc1. The molecular formula is C14H18ClNO. The van der Waals surface area contributed by atoms with Crippen LogP contribution in [0.4, 0.5) is 0 Å². The summed E-state index contributed by atoms with van der Waals surface area (Å²) in [7, 11) is 0. The number of hydrogen-bond donors (Lipinski definition) is 0. The van der Waals surface area contributed by atoms with Gasteiger partial charge >= 0.3 is 0 Å². The van der Waals surface area contributed by atoms with Crippen molar-refractivity contribution in [1.82, 2.24) is 4.90 Å². The Kier molecular flexibility index (Phi) is 3.85. The van der Waals surface area contributed by atoms with E-state index in [0.717, 1.165) is 25.9 Å². The second-order valence-corrected chi connectivity index (χ2v) is 5.01. The Bertz CT molecular complexity index is 392. The molecule has 92 valence electrons. The Labute approximate surface area is 108 Å². The lowest BCUT2D eigenvalue weighted by atomic mass is 9.79. The third-order valence-electron chi connectivity index (χ3n) is 3.94. The molecule has 3 aliphatic rings. The van der Waals surface area contributed by atoms with E-state index in [4.69, 9.17) is 0 Å². The summed E-state index contributed by atoms with van der Waals surface area (Å²) >= 11 is 0. The van der Waals surface area contributed by atoms with Crippen LogP contribution in [0.3, 0.4) is 0 Å². The van der Waals surface area contributed by atoms with Crippen molar-refractivity contribution in [3.05, 3.63) is 35.9 Å². The summed E-state index contributed by atoms with van der Waals surface area (Å²) in [6, 6.07) is 11.1. The van der Waals surface area contributed by atoms with E-state index in [0.29, 0.717) is 17.7 Å². The number of hydrogen-bond acceptors (Lipinski definition) is 2. The molecule has 1 aliphatic carbocycles. The third kappa shape index (κ3) is 2.53. The van der Waals surface area contributed by atoms with Gasteiger partial charge in [0.25, 0.3) is 0 Å². The first-order valence-electron chi connectivity index (χ1n) is 6.13. The highest BCUT2D eigenvalue weighted by atomic mass is 35.5. The van der Waals surface area contributed by atoms with E-state index in [2.05, 4.69) is 35.2 Å². The molecule has 2 nitrogen and oxygen atoms in total. The second-order valence-electron chi connectivity index (χ2n) is 5.01. The van der Waals surface area contributed by atoms with Gasteiger partial charge in [-0.25, -0.2) is 0 Å². The number of carbonyl (C=O) groups excluding carboxylic acids is 1. The minimum Gasteiger partial charge on any atom is -0.299 e. The van der Waals surface area contributed by atoms with Crippen molar-refractivity contribution < 1.29 is 4.79 Å².